The molecule has 3 aromatic carbocycles. The zero-order valence-corrected chi connectivity index (χ0v) is 25.2. The van der Waals surface area contributed by atoms with Gasteiger partial charge in [0.15, 0.2) is 23.0 Å². The number of rotatable bonds is 12. The van der Waals surface area contributed by atoms with Crippen molar-refractivity contribution in [2.24, 2.45) is 11.7 Å². The van der Waals surface area contributed by atoms with Crippen LogP contribution in [-0.2, 0) is 0 Å². The second-order valence-electron chi connectivity index (χ2n) is 10.1. The summed E-state index contributed by atoms with van der Waals surface area (Å²) in [6, 6.07) is 15.7. The molecule has 1 aliphatic rings. The highest BCUT2D eigenvalue weighted by molar-refractivity contribution is 5.92. The Kier molecular flexibility index (Phi) is 9.88. The number of carbonyl (C=O) groups is 1. The maximum atomic E-state index is 13.1. The van der Waals surface area contributed by atoms with E-state index in [0.717, 1.165) is 12.0 Å². The molecule has 226 valence electrons. The van der Waals surface area contributed by atoms with Crippen molar-refractivity contribution in [1.82, 2.24) is 0 Å². The largest absolute Gasteiger partial charge is 0.493 e. The molecule has 0 amide bonds. The summed E-state index contributed by atoms with van der Waals surface area (Å²) < 4.78 is 39.4. The summed E-state index contributed by atoms with van der Waals surface area (Å²) in [7, 11) is 4.40. The zero-order chi connectivity index (χ0) is 31.1. The van der Waals surface area contributed by atoms with Gasteiger partial charge in [0.2, 0.25) is 11.6 Å². The number of methoxy groups -OCH3 is 3. The predicted molar refractivity (Wildman–Crippen MR) is 159 cm³/mol. The minimum atomic E-state index is -0.651. The normalized spacial score (nSPS) is 13.9. The van der Waals surface area contributed by atoms with Crippen molar-refractivity contribution >= 4 is 5.97 Å². The molecule has 1 heterocycles. The van der Waals surface area contributed by atoms with E-state index >= 15 is 0 Å². The lowest BCUT2D eigenvalue weighted by molar-refractivity contribution is 0.0733. The molecular formula is C33H36N2O8. The molecule has 2 N–H and O–H groups in total. The molecule has 0 saturated carbocycles. The average Bonchev–Trinajstić information content (AvgIpc) is 3.00. The van der Waals surface area contributed by atoms with E-state index in [4.69, 9.17) is 38.9 Å². The van der Waals surface area contributed by atoms with Gasteiger partial charge in [-0.2, -0.15) is 5.26 Å². The van der Waals surface area contributed by atoms with Crippen molar-refractivity contribution < 1.29 is 38.0 Å². The Labute approximate surface area is 251 Å². The molecule has 1 unspecified atom stereocenters. The summed E-state index contributed by atoms with van der Waals surface area (Å²) in [4.78, 5) is 13.1. The van der Waals surface area contributed by atoms with Gasteiger partial charge in [0.05, 0.1) is 46.0 Å². The fourth-order valence-corrected chi connectivity index (χ4v) is 4.70. The van der Waals surface area contributed by atoms with E-state index in [1.54, 1.807) is 18.2 Å². The van der Waals surface area contributed by atoms with Crippen molar-refractivity contribution in [2.75, 3.05) is 34.5 Å². The Morgan fingerprint density at radius 1 is 0.953 bits per heavy atom. The number of fused-ring (bicyclic) bond motifs is 1. The third kappa shape index (κ3) is 6.72. The molecule has 3 aromatic rings. The zero-order valence-electron chi connectivity index (χ0n) is 25.2. The van der Waals surface area contributed by atoms with Crippen molar-refractivity contribution in [3.05, 3.63) is 76.7 Å². The molecule has 0 fully saturated rings. The predicted octanol–water partition coefficient (Wildman–Crippen LogP) is 5.97. The van der Waals surface area contributed by atoms with Crippen molar-refractivity contribution in [3.8, 4) is 46.3 Å². The van der Waals surface area contributed by atoms with Gasteiger partial charge in [0, 0.05) is 11.6 Å². The van der Waals surface area contributed by atoms with Crippen LogP contribution in [0.25, 0.3) is 0 Å². The molecule has 1 aliphatic heterocycles. The summed E-state index contributed by atoms with van der Waals surface area (Å²) in [6.45, 7) is 7.17. The number of ether oxygens (including phenoxy) is 7. The first kappa shape index (κ1) is 30.9. The topological polar surface area (TPSA) is 131 Å². The first-order chi connectivity index (χ1) is 20.7. The maximum absolute atomic E-state index is 13.1. The monoisotopic (exact) mass is 588 g/mol. The number of nitrogens with two attached hydrogens (primary N) is 1. The molecule has 0 saturated heterocycles. The van der Waals surface area contributed by atoms with Crippen LogP contribution in [0.2, 0.25) is 0 Å². The van der Waals surface area contributed by atoms with E-state index in [1.807, 2.05) is 25.1 Å². The number of hydrogen-bond donors (Lipinski definition) is 1. The van der Waals surface area contributed by atoms with Gasteiger partial charge in [-0.05, 0) is 55.2 Å². The second kappa shape index (κ2) is 13.7. The van der Waals surface area contributed by atoms with Crippen molar-refractivity contribution in [1.29, 1.82) is 5.26 Å². The van der Waals surface area contributed by atoms with Crippen LogP contribution >= 0.6 is 0 Å². The van der Waals surface area contributed by atoms with Crippen molar-refractivity contribution in [2.45, 2.75) is 33.1 Å². The van der Waals surface area contributed by atoms with Gasteiger partial charge in [-0.15, -0.1) is 0 Å². The quantitative estimate of drug-likeness (QED) is 0.199. The molecule has 10 nitrogen and oxygen atoms in total. The van der Waals surface area contributed by atoms with Gasteiger partial charge in [-0.25, -0.2) is 4.79 Å². The van der Waals surface area contributed by atoms with Crippen LogP contribution in [-0.4, -0.2) is 40.5 Å². The molecule has 1 atom stereocenters. The van der Waals surface area contributed by atoms with Gasteiger partial charge in [-0.1, -0.05) is 26.0 Å². The van der Waals surface area contributed by atoms with Gasteiger partial charge in [0.1, 0.15) is 23.1 Å². The molecule has 0 bridgehead atoms. The highest BCUT2D eigenvalue weighted by Crippen LogP contribution is 2.45. The summed E-state index contributed by atoms with van der Waals surface area (Å²) >= 11 is 0. The van der Waals surface area contributed by atoms with Crippen LogP contribution in [0.3, 0.4) is 0 Å². The second-order valence-corrected chi connectivity index (χ2v) is 10.1. The summed E-state index contributed by atoms with van der Waals surface area (Å²) in [5.74, 6) is 2.03. The third-order valence-corrected chi connectivity index (χ3v) is 6.86. The van der Waals surface area contributed by atoms with Gasteiger partial charge < -0.3 is 38.9 Å². The van der Waals surface area contributed by atoms with Crippen LogP contribution in [0, 0.1) is 17.2 Å². The molecule has 10 heteroatoms. The molecule has 0 aromatic heterocycles. The number of carbonyl (C=O) groups excluding carboxylic acids is 1. The molecule has 43 heavy (non-hydrogen) atoms. The molecule has 0 spiro atoms. The van der Waals surface area contributed by atoms with E-state index < -0.39 is 11.9 Å². The Morgan fingerprint density at radius 3 is 2.28 bits per heavy atom. The number of allylic oxidation sites excluding steroid dienone is 1. The fourth-order valence-electron chi connectivity index (χ4n) is 4.70. The van der Waals surface area contributed by atoms with E-state index in [0.29, 0.717) is 59.2 Å². The smallest absolute Gasteiger partial charge is 0.343 e. The van der Waals surface area contributed by atoms with Gasteiger partial charge >= 0.3 is 5.97 Å². The van der Waals surface area contributed by atoms with Crippen LogP contribution in [0.5, 0.6) is 40.2 Å². The summed E-state index contributed by atoms with van der Waals surface area (Å²) in [5.41, 5.74) is 8.11. The average molecular weight is 589 g/mol. The van der Waals surface area contributed by atoms with Crippen molar-refractivity contribution in [3.63, 3.8) is 0 Å². The third-order valence-electron chi connectivity index (χ3n) is 6.86. The minimum Gasteiger partial charge on any atom is -0.493 e. The number of hydrogen-bond acceptors (Lipinski definition) is 10. The van der Waals surface area contributed by atoms with Crippen LogP contribution in [0.15, 0.2) is 60.0 Å². The van der Waals surface area contributed by atoms with Crippen LogP contribution in [0.4, 0.5) is 0 Å². The molecule has 0 aliphatic carbocycles. The molecular weight excluding hydrogens is 552 g/mol. The van der Waals surface area contributed by atoms with E-state index in [9.17, 15) is 10.1 Å². The first-order valence-electron chi connectivity index (χ1n) is 13.9. The lowest BCUT2D eigenvalue weighted by Crippen LogP contribution is -2.21. The van der Waals surface area contributed by atoms with E-state index in [2.05, 4.69) is 19.9 Å². The Morgan fingerprint density at radius 2 is 1.67 bits per heavy atom. The minimum absolute atomic E-state index is 0.0386. The lowest BCUT2D eigenvalue weighted by atomic mass is 9.83. The molecule has 4 rings (SSSR count). The lowest BCUT2D eigenvalue weighted by Gasteiger charge is -2.27. The van der Waals surface area contributed by atoms with E-state index in [-0.39, 0.29) is 22.8 Å². The maximum Gasteiger partial charge on any atom is 0.343 e. The number of nitriles is 1. The number of esters is 1. The standard InChI is InChI=1S/C33H36N2O8/c1-7-40-27-14-20(8-11-25(27)41-13-12-19(2)3)30-23-10-9-22(17-26(23)43-32(35)24(30)18-34)42-33(36)21-15-28(37-4)31(39-6)29(16-21)38-5/h8-11,14-17,19,30H,7,12-13,35H2,1-6H3. The highest BCUT2D eigenvalue weighted by Gasteiger charge is 2.32. The Bertz CT molecular complexity index is 1530. The highest BCUT2D eigenvalue weighted by atomic mass is 16.5. The SMILES string of the molecule is CCOc1cc(C2C(C#N)=C(N)Oc3cc(OC(=O)c4cc(OC)c(OC)c(OC)c4)ccc32)ccc1OCCC(C)C. The van der Waals surface area contributed by atoms with Crippen LogP contribution < -0.4 is 38.9 Å². The fraction of sp³-hybridized carbons (Fsp3) is 0.333. The summed E-state index contributed by atoms with van der Waals surface area (Å²) in [5, 5.41) is 10.0. The van der Waals surface area contributed by atoms with Crippen LogP contribution in [0.1, 0.15) is 54.6 Å². The Balaban J connectivity index is 1.66. The van der Waals surface area contributed by atoms with Gasteiger partial charge in [-0.3, -0.25) is 0 Å². The first-order valence-corrected chi connectivity index (χ1v) is 13.9. The Hall–Kier alpha value is -5.04. The van der Waals surface area contributed by atoms with E-state index in [1.165, 1.54) is 33.5 Å². The number of benzene rings is 3. The summed E-state index contributed by atoms with van der Waals surface area (Å²) in [6.07, 6.45) is 0.908. The number of nitrogens with zero attached hydrogens (tertiary/aromatic N) is 1. The van der Waals surface area contributed by atoms with Gasteiger partial charge in [0.25, 0.3) is 0 Å². The molecule has 0 radical (unpaired) electrons.